The summed E-state index contributed by atoms with van der Waals surface area (Å²) in [4.78, 5) is 6.96. The van der Waals surface area contributed by atoms with Crippen LogP contribution in [-0.2, 0) is 0 Å². The summed E-state index contributed by atoms with van der Waals surface area (Å²) < 4.78 is 0. The lowest BCUT2D eigenvalue weighted by Crippen LogP contribution is -2.34. The molecule has 3 nitrogen and oxygen atoms in total. The number of hydrogen-bond acceptors (Lipinski definition) is 3. The Labute approximate surface area is 157 Å². The lowest BCUT2D eigenvalue weighted by atomic mass is 10.1. The van der Waals surface area contributed by atoms with E-state index < -0.39 is 0 Å². The molecule has 1 heterocycles. The van der Waals surface area contributed by atoms with Gasteiger partial charge >= 0.3 is 0 Å². The molecule has 1 rings (SSSR count). The molecule has 0 aliphatic carbocycles. The Morgan fingerprint density at radius 1 is 0.920 bits per heavy atom. The van der Waals surface area contributed by atoms with Gasteiger partial charge in [0, 0.05) is 25.8 Å². The predicted octanol–water partition coefficient (Wildman–Crippen LogP) is 5.70. The maximum atomic E-state index is 5.65. The molecule has 1 unspecified atom stereocenters. The van der Waals surface area contributed by atoms with E-state index >= 15 is 0 Å². The Hall–Kier alpha value is -0.670. The monoisotopic (exact) mass is 349 g/mol. The molecule has 2 N–H and O–H groups in total. The van der Waals surface area contributed by atoms with Crippen LogP contribution < -0.4 is 5.73 Å². The van der Waals surface area contributed by atoms with Crippen molar-refractivity contribution >= 4 is 6.21 Å². The fourth-order valence-corrected chi connectivity index (χ4v) is 3.55. The molecule has 0 saturated carbocycles. The average molecular weight is 350 g/mol. The third-order valence-corrected chi connectivity index (χ3v) is 5.16. The van der Waals surface area contributed by atoms with Gasteiger partial charge in [0.05, 0.1) is 0 Å². The van der Waals surface area contributed by atoms with E-state index in [1.807, 2.05) is 6.21 Å². The van der Waals surface area contributed by atoms with Gasteiger partial charge in [-0.3, -0.25) is 9.89 Å². The summed E-state index contributed by atoms with van der Waals surface area (Å²) >= 11 is 0. The first kappa shape index (κ1) is 22.4. The van der Waals surface area contributed by atoms with Crippen LogP contribution in [0.25, 0.3) is 0 Å². The lowest BCUT2D eigenvalue weighted by molar-refractivity contribution is 0.241. The first-order valence-electron chi connectivity index (χ1n) is 11.0. The van der Waals surface area contributed by atoms with Gasteiger partial charge in [-0.05, 0) is 38.5 Å². The van der Waals surface area contributed by atoms with Crippen LogP contribution in [0.2, 0.25) is 0 Å². The van der Waals surface area contributed by atoms with Gasteiger partial charge in [0.1, 0.15) is 6.17 Å². The van der Waals surface area contributed by atoms with Crippen LogP contribution in [0.15, 0.2) is 17.1 Å². The van der Waals surface area contributed by atoms with E-state index in [1.165, 1.54) is 89.9 Å². The summed E-state index contributed by atoms with van der Waals surface area (Å²) in [5, 5.41) is 0. The molecule has 146 valence electrons. The standard InChI is InChI=1S/C22H43N3/c1-2-3-4-5-6-7-8-9-10-11-12-13-14-15-16-17-22-24-19-21-25(22)20-18-23/h11-12,19,22H,2-10,13-18,20-21,23H2,1H3/b12-11+. The van der Waals surface area contributed by atoms with Gasteiger partial charge < -0.3 is 5.73 Å². The van der Waals surface area contributed by atoms with E-state index in [9.17, 15) is 0 Å². The number of allylic oxidation sites excluding steroid dienone is 2. The van der Waals surface area contributed by atoms with E-state index in [2.05, 4.69) is 29.0 Å². The molecule has 0 fully saturated rings. The third kappa shape index (κ3) is 12.3. The van der Waals surface area contributed by atoms with Crippen LogP contribution in [0, 0.1) is 0 Å². The van der Waals surface area contributed by atoms with Gasteiger partial charge in [-0.2, -0.15) is 0 Å². The van der Waals surface area contributed by atoms with E-state index in [0.29, 0.717) is 6.17 Å². The first-order valence-corrected chi connectivity index (χ1v) is 11.0. The molecule has 0 amide bonds. The molecule has 0 aromatic heterocycles. The molecule has 3 heteroatoms. The smallest absolute Gasteiger partial charge is 0.102 e. The zero-order valence-corrected chi connectivity index (χ0v) is 16.8. The molecule has 1 atom stereocenters. The van der Waals surface area contributed by atoms with Crippen molar-refractivity contribution in [3.63, 3.8) is 0 Å². The van der Waals surface area contributed by atoms with Crippen molar-refractivity contribution in [1.82, 2.24) is 4.90 Å². The van der Waals surface area contributed by atoms with Gasteiger partial charge in [-0.1, -0.05) is 70.4 Å². The summed E-state index contributed by atoms with van der Waals surface area (Å²) in [6.07, 6.45) is 26.2. The molecular formula is C22H43N3. The van der Waals surface area contributed by atoms with Gasteiger partial charge in [-0.15, -0.1) is 0 Å². The van der Waals surface area contributed by atoms with Crippen molar-refractivity contribution in [3.05, 3.63) is 12.2 Å². The highest BCUT2D eigenvalue weighted by atomic mass is 15.3. The van der Waals surface area contributed by atoms with Crippen LogP contribution in [0.5, 0.6) is 0 Å². The fraction of sp³-hybridized carbons (Fsp3) is 0.864. The number of rotatable bonds is 17. The van der Waals surface area contributed by atoms with E-state index in [0.717, 1.165) is 19.6 Å². The first-order chi connectivity index (χ1) is 12.4. The van der Waals surface area contributed by atoms with Crippen molar-refractivity contribution in [2.75, 3.05) is 19.6 Å². The van der Waals surface area contributed by atoms with Crippen LogP contribution >= 0.6 is 0 Å². The normalized spacial score (nSPS) is 17.9. The Bertz CT molecular complexity index is 338. The maximum absolute atomic E-state index is 5.65. The quantitative estimate of drug-likeness (QED) is 0.270. The van der Waals surface area contributed by atoms with Crippen molar-refractivity contribution in [3.8, 4) is 0 Å². The van der Waals surface area contributed by atoms with Gasteiger partial charge in [0.2, 0.25) is 0 Å². The second-order valence-electron chi connectivity index (χ2n) is 7.47. The third-order valence-electron chi connectivity index (χ3n) is 5.16. The van der Waals surface area contributed by atoms with Crippen molar-refractivity contribution in [2.45, 2.75) is 103 Å². The SMILES string of the molecule is CCCCCCCCCC/C=C/CCCCCC1N=CCN1CCN. The largest absolute Gasteiger partial charge is 0.329 e. The molecule has 0 aromatic carbocycles. The number of aliphatic imine (C=N–C) groups is 1. The Balaban J connectivity index is 1.82. The average Bonchev–Trinajstić information content (AvgIpc) is 3.06. The number of nitrogens with zero attached hydrogens (tertiary/aromatic N) is 2. The summed E-state index contributed by atoms with van der Waals surface area (Å²) in [6.45, 7) is 4.99. The number of hydrogen-bond donors (Lipinski definition) is 1. The second kappa shape index (κ2) is 16.8. The van der Waals surface area contributed by atoms with Crippen molar-refractivity contribution < 1.29 is 0 Å². The van der Waals surface area contributed by atoms with Crippen LogP contribution in [0.4, 0.5) is 0 Å². The molecular weight excluding hydrogens is 306 g/mol. The van der Waals surface area contributed by atoms with Gasteiger partial charge in [-0.25, -0.2) is 0 Å². The van der Waals surface area contributed by atoms with Crippen molar-refractivity contribution in [1.29, 1.82) is 0 Å². The predicted molar refractivity (Wildman–Crippen MR) is 112 cm³/mol. The molecule has 0 radical (unpaired) electrons. The Kier molecular flexibility index (Phi) is 15.0. The molecule has 0 bridgehead atoms. The minimum atomic E-state index is 0.404. The number of unbranched alkanes of at least 4 members (excludes halogenated alkanes) is 11. The topological polar surface area (TPSA) is 41.6 Å². The zero-order valence-electron chi connectivity index (χ0n) is 16.8. The lowest BCUT2D eigenvalue weighted by Gasteiger charge is -2.21. The summed E-state index contributed by atoms with van der Waals surface area (Å²) in [6, 6.07) is 0. The molecule has 1 aliphatic rings. The highest BCUT2D eigenvalue weighted by Crippen LogP contribution is 2.15. The van der Waals surface area contributed by atoms with Gasteiger partial charge in [0.15, 0.2) is 0 Å². The van der Waals surface area contributed by atoms with E-state index in [4.69, 9.17) is 5.73 Å². The highest BCUT2D eigenvalue weighted by molar-refractivity contribution is 5.62. The minimum Gasteiger partial charge on any atom is -0.329 e. The van der Waals surface area contributed by atoms with Crippen LogP contribution in [0.3, 0.4) is 0 Å². The summed E-state index contributed by atoms with van der Waals surface area (Å²) in [5.74, 6) is 0. The van der Waals surface area contributed by atoms with Crippen molar-refractivity contribution in [2.24, 2.45) is 10.7 Å². The summed E-state index contributed by atoms with van der Waals surface area (Å²) in [5.41, 5.74) is 5.65. The molecule has 0 spiro atoms. The molecule has 25 heavy (non-hydrogen) atoms. The maximum Gasteiger partial charge on any atom is 0.102 e. The summed E-state index contributed by atoms with van der Waals surface area (Å²) in [7, 11) is 0. The Morgan fingerprint density at radius 3 is 2.16 bits per heavy atom. The van der Waals surface area contributed by atoms with E-state index in [1.54, 1.807) is 0 Å². The van der Waals surface area contributed by atoms with Crippen LogP contribution in [-0.4, -0.2) is 36.9 Å². The fourth-order valence-electron chi connectivity index (χ4n) is 3.55. The van der Waals surface area contributed by atoms with Gasteiger partial charge in [0.25, 0.3) is 0 Å². The Morgan fingerprint density at radius 2 is 1.52 bits per heavy atom. The molecule has 0 aromatic rings. The molecule has 0 saturated heterocycles. The minimum absolute atomic E-state index is 0.404. The second-order valence-corrected chi connectivity index (χ2v) is 7.47. The molecule has 1 aliphatic heterocycles. The zero-order chi connectivity index (χ0) is 18.0. The van der Waals surface area contributed by atoms with Crippen LogP contribution in [0.1, 0.15) is 96.8 Å². The van der Waals surface area contributed by atoms with E-state index in [-0.39, 0.29) is 0 Å². The number of nitrogens with two attached hydrogens (primary N) is 1. The highest BCUT2D eigenvalue weighted by Gasteiger charge is 2.18.